The van der Waals surface area contributed by atoms with E-state index < -0.39 is 12.1 Å². The van der Waals surface area contributed by atoms with Crippen LogP contribution < -0.4 is 5.32 Å². The summed E-state index contributed by atoms with van der Waals surface area (Å²) in [5.41, 5.74) is 0. The van der Waals surface area contributed by atoms with Gasteiger partial charge in [0.25, 0.3) is 0 Å². The Morgan fingerprint density at radius 3 is 1.12 bits per heavy atom. The largest absolute Gasteiger partial charge is 0.466 e. The lowest BCUT2D eigenvalue weighted by Gasteiger charge is -2.22. The van der Waals surface area contributed by atoms with Crippen molar-refractivity contribution < 1.29 is 24.5 Å². The average Bonchev–Trinajstić information content (AvgIpc) is 3.35. The van der Waals surface area contributed by atoms with Crippen molar-refractivity contribution in [2.75, 3.05) is 13.2 Å². The molecule has 0 radical (unpaired) electrons. The smallest absolute Gasteiger partial charge is 0.305 e. The van der Waals surface area contributed by atoms with E-state index in [1.54, 1.807) is 0 Å². The summed E-state index contributed by atoms with van der Waals surface area (Å²) >= 11 is 0. The molecule has 6 nitrogen and oxygen atoms in total. The van der Waals surface area contributed by atoms with E-state index in [-0.39, 0.29) is 18.5 Å². The number of aliphatic hydroxyl groups is 2. The number of hydrogen-bond acceptors (Lipinski definition) is 5. The first-order chi connectivity index (χ1) is 34.0. The number of carbonyl (C=O) groups is 2. The van der Waals surface area contributed by atoms with E-state index in [1.807, 2.05) is 0 Å². The number of ether oxygens (including phenoxy) is 1. The Morgan fingerprint density at radius 1 is 0.406 bits per heavy atom. The lowest BCUT2D eigenvalue weighted by molar-refractivity contribution is -0.143. The van der Waals surface area contributed by atoms with E-state index in [9.17, 15) is 19.8 Å². The van der Waals surface area contributed by atoms with Gasteiger partial charge in [0.2, 0.25) is 5.91 Å². The van der Waals surface area contributed by atoms with E-state index in [2.05, 4.69) is 55.6 Å². The Bertz CT molecular complexity index is 1120. The van der Waals surface area contributed by atoms with E-state index in [0.29, 0.717) is 25.9 Å². The van der Waals surface area contributed by atoms with Crippen LogP contribution in [0, 0.1) is 0 Å². The summed E-state index contributed by atoms with van der Waals surface area (Å²) in [5.74, 6) is -0.0638. The van der Waals surface area contributed by atoms with E-state index in [1.165, 1.54) is 225 Å². The van der Waals surface area contributed by atoms with Gasteiger partial charge in [-0.15, -0.1) is 0 Å². The molecule has 0 heterocycles. The molecule has 69 heavy (non-hydrogen) atoms. The molecule has 2 atom stereocenters. The third-order valence-corrected chi connectivity index (χ3v) is 14.2. The first kappa shape index (κ1) is 67.1. The van der Waals surface area contributed by atoms with Gasteiger partial charge in [-0.1, -0.05) is 269 Å². The molecule has 0 rings (SSSR count). The molecule has 0 saturated heterocycles. The summed E-state index contributed by atoms with van der Waals surface area (Å²) in [6.07, 6.45) is 72.9. The highest BCUT2D eigenvalue weighted by atomic mass is 16.5. The number of esters is 1. The minimum absolute atomic E-state index is 0.0205. The van der Waals surface area contributed by atoms with Crippen LogP contribution in [-0.2, 0) is 14.3 Å². The topological polar surface area (TPSA) is 95.9 Å². The standard InChI is InChI=1S/C63H119NO5/c1-3-5-7-9-11-13-15-17-19-24-27-31-35-39-43-47-51-55-61(66)60(59-65)64-62(67)56-52-48-44-40-36-32-28-25-22-21-23-26-30-34-38-42-46-50-54-58-69-63(68)57-53-49-45-41-37-33-29-20-18-16-14-12-10-8-6-4-2/h20,26,29-30,34,38,60-61,65-66H,3-19,21-25,27-28,31-33,35-37,39-59H2,1-2H3,(H,64,67)/b29-20-,30-26-,38-34-. The molecule has 406 valence electrons. The van der Waals surface area contributed by atoms with Crippen LogP contribution in [0.1, 0.15) is 328 Å². The van der Waals surface area contributed by atoms with Crippen molar-refractivity contribution in [3.63, 3.8) is 0 Å². The summed E-state index contributed by atoms with van der Waals surface area (Å²) in [7, 11) is 0. The van der Waals surface area contributed by atoms with E-state index >= 15 is 0 Å². The fourth-order valence-electron chi connectivity index (χ4n) is 9.45. The number of unbranched alkanes of at least 4 members (excludes halogenated alkanes) is 41. The van der Waals surface area contributed by atoms with Gasteiger partial charge in [-0.05, 0) is 83.5 Å². The molecule has 1 amide bonds. The van der Waals surface area contributed by atoms with Gasteiger partial charge < -0.3 is 20.3 Å². The van der Waals surface area contributed by atoms with Crippen molar-refractivity contribution in [1.82, 2.24) is 5.32 Å². The molecule has 0 aromatic rings. The second-order valence-electron chi connectivity index (χ2n) is 21.1. The zero-order valence-electron chi connectivity index (χ0n) is 46.3. The molecule has 0 aliphatic heterocycles. The number of aliphatic hydroxyl groups excluding tert-OH is 2. The number of amides is 1. The van der Waals surface area contributed by atoms with Crippen molar-refractivity contribution in [3.05, 3.63) is 36.5 Å². The predicted molar refractivity (Wildman–Crippen MR) is 301 cm³/mol. The summed E-state index contributed by atoms with van der Waals surface area (Å²) in [4.78, 5) is 24.5. The van der Waals surface area contributed by atoms with Crippen LogP contribution in [-0.4, -0.2) is 47.4 Å². The van der Waals surface area contributed by atoms with Crippen molar-refractivity contribution in [1.29, 1.82) is 0 Å². The lowest BCUT2D eigenvalue weighted by Crippen LogP contribution is -2.45. The highest BCUT2D eigenvalue weighted by molar-refractivity contribution is 5.76. The first-order valence-electron chi connectivity index (χ1n) is 30.8. The molecule has 0 bridgehead atoms. The second-order valence-corrected chi connectivity index (χ2v) is 21.1. The molecular formula is C63H119NO5. The summed E-state index contributed by atoms with van der Waals surface area (Å²) in [6.45, 7) is 4.92. The Kier molecular flexibility index (Phi) is 57.0. The van der Waals surface area contributed by atoms with Gasteiger partial charge in [-0.25, -0.2) is 0 Å². The Labute approximate surface area is 430 Å². The molecule has 3 N–H and O–H groups in total. The minimum Gasteiger partial charge on any atom is -0.466 e. The Hall–Kier alpha value is -1.92. The maximum Gasteiger partial charge on any atom is 0.305 e. The van der Waals surface area contributed by atoms with E-state index in [4.69, 9.17) is 4.74 Å². The number of nitrogens with one attached hydrogen (secondary N) is 1. The normalized spacial score (nSPS) is 12.8. The van der Waals surface area contributed by atoms with Crippen LogP contribution in [0.2, 0.25) is 0 Å². The quantitative estimate of drug-likeness (QED) is 0.0244. The number of hydrogen-bond donors (Lipinski definition) is 3. The SMILES string of the molecule is CCCCCCCCC/C=C\CCCCCCCC(=O)OCCCCC/C=C\C=C/CCCCCCCCCCCCC(=O)NC(CO)C(O)CCCCCCCCCCCCCCCCCCC. The van der Waals surface area contributed by atoms with Crippen molar-refractivity contribution in [2.24, 2.45) is 0 Å². The van der Waals surface area contributed by atoms with Gasteiger partial charge in [-0.2, -0.15) is 0 Å². The van der Waals surface area contributed by atoms with E-state index in [0.717, 1.165) is 70.6 Å². The van der Waals surface area contributed by atoms with Crippen LogP contribution in [0.4, 0.5) is 0 Å². The maximum absolute atomic E-state index is 12.5. The lowest BCUT2D eigenvalue weighted by atomic mass is 10.0. The molecule has 0 spiro atoms. The third kappa shape index (κ3) is 55.2. The molecule has 0 aliphatic carbocycles. The van der Waals surface area contributed by atoms with Crippen LogP contribution in [0.3, 0.4) is 0 Å². The first-order valence-corrected chi connectivity index (χ1v) is 30.8. The molecular weight excluding hydrogens is 851 g/mol. The molecule has 0 aromatic carbocycles. The van der Waals surface area contributed by atoms with Crippen LogP contribution in [0.15, 0.2) is 36.5 Å². The third-order valence-electron chi connectivity index (χ3n) is 14.2. The number of rotatable bonds is 57. The Morgan fingerprint density at radius 2 is 0.725 bits per heavy atom. The maximum atomic E-state index is 12.5. The van der Waals surface area contributed by atoms with Crippen molar-refractivity contribution in [2.45, 2.75) is 341 Å². The number of carbonyl (C=O) groups excluding carboxylic acids is 2. The molecule has 0 aromatic heterocycles. The molecule has 0 saturated carbocycles. The van der Waals surface area contributed by atoms with Crippen molar-refractivity contribution in [3.8, 4) is 0 Å². The van der Waals surface area contributed by atoms with Gasteiger partial charge >= 0.3 is 5.97 Å². The summed E-state index contributed by atoms with van der Waals surface area (Å²) in [5, 5.41) is 23.3. The molecule has 6 heteroatoms. The summed E-state index contributed by atoms with van der Waals surface area (Å²) in [6, 6.07) is -0.550. The zero-order chi connectivity index (χ0) is 50.0. The highest BCUT2D eigenvalue weighted by Crippen LogP contribution is 2.17. The Balaban J connectivity index is 3.48. The van der Waals surface area contributed by atoms with Crippen LogP contribution >= 0.6 is 0 Å². The summed E-state index contributed by atoms with van der Waals surface area (Å²) < 4.78 is 5.46. The van der Waals surface area contributed by atoms with Gasteiger partial charge in [0.15, 0.2) is 0 Å². The number of allylic oxidation sites excluding steroid dienone is 6. The van der Waals surface area contributed by atoms with Crippen LogP contribution in [0.25, 0.3) is 0 Å². The van der Waals surface area contributed by atoms with Gasteiger partial charge in [0, 0.05) is 12.8 Å². The minimum atomic E-state index is -0.672. The van der Waals surface area contributed by atoms with Gasteiger partial charge in [-0.3, -0.25) is 9.59 Å². The second kappa shape index (κ2) is 58.6. The van der Waals surface area contributed by atoms with Crippen LogP contribution in [0.5, 0.6) is 0 Å². The van der Waals surface area contributed by atoms with Crippen molar-refractivity contribution >= 4 is 11.9 Å². The fraction of sp³-hybridized carbons (Fsp3) is 0.873. The van der Waals surface area contributed by atoms with Gasteiger partial charge in [0.1, 0.15) is 0 Å². The molecule has 0 fully saturated rings. The average molecular weight is 971 g/mol. The highest BCUT2D eigenvalue weighted by Gasteiger charge is 2.20. The predicted octanol–water partition coefficient (Wildman–Crippen LogP) is 19.2. The molecule has 2 unspecified atom stereocenters. The fourth-order valence-corrected chi connectivity index (χ4v) is 9.45. The zero-order valence-corrected chi connectivity index (χ0v) is 46.3. The monoisotopic (exact) mass is 970 g/mol. The van der Waals surface area contributed by atoms with Gasteiger partial charge in [0.05, 0.1) is 25.4 Å². The molecule has 0 aliphatic rings.